The first kappa shape index (κ1) is 18.4. The second-order valence-corrected chi connectivity index (χ2v) is 6.23. The summed E-state index contributed by atoms with van der Waals surface area (Å²) in [5, 5.41) is 29.3. The van der Waals surface area contributed by atoms with Crippen molar-refractivity contribution in [2.75, 3.05) is 31.6 Å². The monoisotopic (exact) mass is 332 g/mol. The van der Waals surface area contributed by atoms with Crippen LogP contribution in [0.25, 0.3) is 0 Å². The van der Waals surface area contributed by atoms with Crippen LogP contribution in [0.15, 0.2) is 23.1 Å². The Hall–Kier alpha value is -1.68. The summed E-state index contributed by atoms with van der Waals surface area (Å²) >= 11 is 0. The van der Waals surface area contributed by atoms with Gasteiger partial charge in [0.15, 0.2) is 0 Å². The molecule has 0 spiro atoms. The number of carboxylic acid groups (broad SMARTS) is 1. The van der Waals surface area contributed by atoms with Crippen LogP contribution in [0.5, 0.6) is 0 Å². The van der Waals surface area contributed by atoms with Crippen molar-refractivity contribution in [1.82, 2.24) is 4.72 Å². The lowest BCUT2D eigenvalue weighted by Crippen LogP contribution is -2.26. The standard InChI is InChI=1S/C13H20N2O6S/c16-7-1-5-14-11-4-3-10(13(18)19)9-12(11)22(20,21)15-6-2-8-17/h3-4,9,14-17H,1-2,5-8H2,(H,18,19). The van der Waals surface area contributed by atoms with Gasteiger partial charge in [-0.2, -0.15) is 0 Å². The van der Waals surface area contributed by atoms with Crippen LogP contribution in [0.2, 0.25) is 0 Å². The molecule has 0 aliphatic carbocycles. The Morgan fingerprint density at radius 2 is 1.73 bits per heavy atom. The first-order valence-electron chi connectivity index (χ1n) is 6.75. The summed E-state index contributed by atoms with van der Waals surface area (Å²) in [6, 6.07) is 3.75. The normalized spacial score (nSPS) is 11.4. The number of aromatic carboxylic acids is 1. The van der Waals surface area contributed by atoms with E-state index in [1.54, 1.807) is 0 Å². The molecule has 0 saturated carbocycles. The highest BCUT2D eigenvalue weighted by Crippen LogP contribution is 2.23. The summed E-state index contributed by atoms with van der Waals surface area (Å²) in [4.78, 5) is 10.8. The maximum absolute atomic E-state index is 12.3. The van der Waals surface area contributed by atoms with Crippen molar-refractivity contribution in [3.63, 3.8) is 0 Å². The first-order valence-corrected chi connectivity index (χ1v) is 8.23. The third-order valence-corrected chi connectivity index (χ3v) is 4.30. The van der Waals surface area contributed by atoms with E-state index in [2.05, 4.69) is 10.0 Å². The Balaban J connectivity index is 3.09. The van der Waals surface area contributed by atoms with Gasteiger partial charge < -0.3 is 20.6 Å². The van der Waals surface area contributed by atoms with E-state index < -0.39 is 16.0 Å². The molecule has 0 atom stereocenters. The fourth-order valence-corrected chi connectivity index (χ4v) is 2.97. The molecule has 0 unspecified atom stereocenters. The van der Waals surface area contributed by atoms with Gasteiger partial charge in [-0.05, 0) is 31.0 Å². The third-order valence-electron chi connectivity index (χ3n) is 2.80. The molecule has 0 amide bonds. The van der Waals surface area contributed by atoms with Crippen molar-refractivity contribution in [2.45, 2.75) is 17.7 Å². The number of anilines is 1. The number of aliphatic hydroxyl groups excluding tert-OH is 2. The van der Waals surface area contributed by atoms with Crippen molar-refractivity contribution in [1.29, 1.82) is 0 Å². The largest absolute Gasteiger partial charge is 0.478 e. The van der Waals surface area contributed by atoms with Crippen LogP contribution >= 0.6 is 0 Å². The molecular formula is C13H20N2O6S. The van der Waals surface area contributed by atoms with Gasteiger partial charge >= 0.3 is 5.97 Å². The van der Waals surface area contributed by atoms with Crippen molar-refractivity contribution >= 4 is 21.7 Å². The summed E-state index contributed by atoms with van der Waals surface area (Å²) in [5.41, 5.74) is 0.116. The molecule has 1 aromatic carbocycles. The zero-order valence-corrected chi connectivity index (χ0v) is 12.8. The third kappa shape index (κ3) is 5.26. The molecule has 8 nitrogen and oxygen atoms in total. The van der Waals surface area contributed by atoms with Crippen LogP contribution < -0.4 is 10.0 Å². The number of sulfonamides is 1. The number of carbonyl (C=O) groups is 1. The molecule has 5 N–H and O–H groups in total. The number of carboxylic acids is 1. The van der Waals surface area contributed by atoms with Crippen LogP contribution in [-0.2, 0) is 10.0 Å². The number of nitrogens with one attached hydrogen (secondary N) is 2. The smallest absolute Gasteiger partial charge is 0.335 e. The summed E-state index contributed by atoms with van der Waals surface area (Å²) in [7, 11) is -3.91. The Labute approximate surface area is 128 Å². The number of hydrogen-bond donors (Lipinski definition) is 5. The molecule has 0 bridgehead atoms. The molecule has 0 heterocycles. The topological polar surface area (TPSA) is 136 Å². The van der Waals surface area contributed by atoms with E-state index in [0.717, 1.165) is 6.07 Å². The van der Waals surface area contributed by atoms with Crippen molar-refractivity contribution in [3.8, 4) is 0 Å². The molecule has 0 saturated heterocycles. The average molecular weight is 332 g/mol. The van der Waals surface area contributed by atoms with Gasteiger partial charge in [-0.15, -0.1) is 0 Å². The van der Waals surface area contributed by atoms with Gasteiger partial charge in [-0.3, -0.25) is 0 Å². The van der Waals surface area contributed by atoms with Crippen LogP contribution in [0.1, 0.15) is 23.2 Å². The zero-order chi connectivity index (χ0) is 16.6. The molecular weight excluding hydrogens is 312 g/mol. The Kier molecular flexibility index (Phi) is 7.25. The Bertz CT molecular complexity index is 603. The van der Waals surface area contributed by atoms with E-state index in [1.807, 2.05) is 0 Å². The fourth-order valence-electron chi connectivity index (χ4n) is 1.69. The molecule has 1 rings (SSSR count). The van der Waals surface area contributed by atoms with E-state index in [-0.39, 0.29) is 42.3 Å². The number of aliphatic hydroxyl groups is 2. The highest BCUT2D eigenvalue weighted by Gasteiger charge is 2.20. The lowest BCUT2D eigenvalue weighted by atomic mass is 10.2. The highest BCUT2D eigenvalue weighted by atomic mass is 32.2. The Morgan fingerprint density at radius 1 is 1.09 bits per heavy atom. The zero-order valence-electron chi connectivity index (χ0n) is 11.9. The van der Waals surface area contributed by atoms with Gasteiger partial charge in [-0.25, -0.2) is 17.9 Å². The van der Waals surface area contributed by atoms with Crippen LogP contribution in [0.4, 0.5) is 5.69 Å². The molecule has 9 heteroatoms. The van der Waals surface area contributed by atoms with E-state index in [0.29, 0.717) is 13.0 Å². The van der Waals surface area contributed by atoms with Gasteiger partial charge in [0.25, 0.3) is 0 Å². The predicted octanol–water partition coefficient (Wildman–Crippen LogP) is -0.160. The van der Waals surface area contributed by atoms with Crippen molar-refractivity contribution in [2.24, 2.45) is 0 Å². The molecule has 0 aromatic heterocycles. The summed E-state index contributed by atoms with van der Waals surface area (Å²) < 4.78 is 26.8. The van der Waals surface area contributed by atoms with Crippen LogP contribution in [0, 0.1) is 0 Å². The van der Waals surface area contributed by atoms with E-state index >= 15 is 0 Å². The van der Waals surface area contributed by atoms with Crippen molar-refractivity contribution < 1.29 is 28.5 Å². The summed E-state index contributed by atoms with van der Waals surface area (Å²) in [6.07, 6.45) is 0.684. The van der Waals surface area contributed by atoms with Gasteiger partial charge in [0.05, 0.1) is 11.3 Å². The van der Waals surface area contributed by atoms with E-state index in [9.17, 15) is 13.2 Å². The molecule has 22 heavy (non-hydrogen) atoms. The highest BCUT2D eigenvalue weighted by molar-refractivity contribution is 7.89. The average Bonchev–Trinajstić information content (AvgIpc) is 2.47. The summed E-state index contributed by atoms with van der Waals surface area (Å²) in [5.74, 6) is -1.23. The molecule has 0 aliphatic rings. The minimum absolute atomic E-state index is 0.0446. The van der Waals surface area contributed by atoms with Crippen LogP contribution in [0.3, 0.4) is 0 Å². The minimum atomic E-state index is -3.91. The SMILES string of the molecule is O=C(O)c1ccc(NCCCO)c(S(=O)(=O)NCCCO)c1. The maximum Gasteiger partial charge on any atom is 0.335 e. The second kappa shape index (κ2) is 8.69. The van der Waals surface area contributed by atoms with Gasteiger partial charge in [-0.1, -0.05) is 0 Å². The summed E-state index contributed by atoms with van der Waals surface area (Å²) in [6.45, 7) is 0.199. The Morgan fingerprint density at radius 3 is 2.32 bits per heavy atom. The van der Waals surface area contributed by atoms with Gasteiger partial charge in [0.1, 0.15) is 4.90 Å². The maximum atomic E-state index is 12.3. The van der Waals surface area contributed by atoms with E-state index in [1.165, 1.54) is 12.1 Å². The minimum Gasteiger partial charge on any atom is -0.478 e. The second-order valence-electron chi connectivity index (χ2n) is 4.49. The molecule has 0 aliphatic heterocycles. The lowest BCUT2D eigenvalue weighted by Gasteiger charge is -2.14. The fraction of sp³-hybridized carbons (Fsp3) is 0.462. The number of rotatable bonds is 10. The number of hydrogen-bond acceptors (Lipinski definition) is 6. The van der Waals surface area contributed by atoms with Crippen molar-refractivity contribution in [3.05, 3.63) is 23.8 Å². The van der Waals surface area contributed by atoms with Gasteiger partial charge in [0.2, 0.25) is 10.0 Å². The number of benzene rings is 1. The van der Waals surface area contributed by atoms with Crippen LogP contribution in [-0.4, -0.2) is 56.0 Å². The van der Waals surface area contributed by atoms with Gasteiger partial charge in [0, 0.05) is 26.3 Å². The quantitative estimate of drug-likeness (QED) is 0.376. The first-order chi connectivity index (χ1) is 10.4. The molecule has 1 aromatic rings. The lowest BCUT2D eigenvalue weighted by molar-refractivity contribution is 0.0696. The molecule has 124 valence electrons. The predicted molar refractivity (Wildman–Crippen MR) is 80.5 cm³/mol. The molecule has 0 fully saturated rings. The molecule has 0 radical (unpaired) electrons. The van der Waals surface area contributed by atoms with E-state index in [4.69, 9.17) is 15.3 Å².